The Balaban J connectivity index is 1.60. The summed E-state index contributed by atoms with van der Waals surface area (Å²) < 4.78 is 5.15. The summed E-state index contributed by atoms with van der Waals surface area (Å²) in [7, 11) is 1.64. The quantitative estimate of drug-likeness (QED) is 0.539. The number of nitrogens with zero attached hydrogens (tertiary/aromatic N) is 2. The molecule has 27 heavy (non-hydrogen) atoms. The molecule has 3 rings (SSSR count). The van der Waals surface area contributed by atoms with Crippen LogP contribution in [0.2, 0.25) is 0 Å². The number of nitrogens with one attached hydrogen (secondary N) is 1. The first-order valence-corrected chi connectivity index (χ1v) is 9.32. The van der Waals surface area contributed by atoms with Gasteiger partial charge in [-0.1, -0.05) is 24.3 Å². The second-order valence-electron chi connectivity index (χ2n) is 6.83. The van der Waals surface area contributed by atoms with E-state index >= 15 is 0 Å². The van der Waals surface area contributed by atoms with Crippen LogP contribution in [0.4, 0.5) is 5.69 Å². The number of guanidine groups is 1. The molecule has 0 unspecified atom stereocenters. The highest BCUT2D eigenvalue weighted by molar-refractivity contribution is 5.92. The number of aliphatic hydroxyl groups is 1. The van der Waals surface area contributed by atoms with E-state index in [0.29, 0.717) is 12.5 Å². The van der Waals surface area contributed by atoms with Gasteiger partial charge >= 0.3 is 0 Å². The Morgan fingerprint density at radius 1 is 1.15 bits per heavy atom. The van der Waals surface area contributed by atoms with Crippen molar-refractivity contribution in [2.24, 2.45) is 10.7 Å². The van der Waals surface area contributed by atoms with Crippen LogP contribution in [0.3, 0.4) is 0 Å². The van der Waals surface area contributed by atoms with E-state index in [2.05, 4.69) is 33.4 Å². The minimum Gasteiger partial charge on any atom is -0.497 e. The summed E-state index contributed by atoms with van der Waals surface area (Å²) >= 11 is 0. The molecule has 1 heterocycles. The van der Waals surface area contributed by atoms with Crippen LogP contribution in [0.25, 0.3) is 0 Å². The van der Waals surface area contributed by atoms with Gasteiger partial charge in [0.15, 0.2) is 5.96 Å². The Bertz CT molecular complexity index is 753. The van der Waals surface area contributed by atoms with E-state index in [1.165, 1.54) is 11.1 Å². The van der Waals surface area contributed by atoms with Crippen molar-refractivity contribution in [3.8, 4) is 5.75 Å². The van der Waals surface area contributed by atoms with Crippen molar-refractivity contribution in [3.63, 3.8) is 0 Å². The molecule has 0 bridgehead atoms. The average molecular weight is 368 g/mol. The van der Waals surface area contributed by atoms with E-state index in [-0.39, 0.29) is 6.10 Å². The number of rotatable bonds is 6. The molecule has 0 radical (unpaired) electrons. The van der Waals surface area contributed by atoms with Crippen LogP contribution < -0.4 is 15.8 Å². The second-order valence-corrected chi connectivity index (χ2v) is 6.83. The summed E-state index contributed by atoms with van der Waals surface area (Å²) in [4.78, 5) is 6.87. The molecule has 2 aromatic rings. The smallest absolute Gasteiger partial charge is 0.193 e. The molecule has 1 fully saturated rings. The normalized spacial score (nSPS) is 16.3. The number of hydrogen-bond acceptors (Lipinski definition) is 4. The highest BCUT2D eigenvalue weighted by Gasteiger charge is 2.17. The van der Waals surface area contributed by atoms with Gasteiger partial charge in [0.2, 0.25) is 0 Å². The first kappa shape index (κ1) is 19.2. The van der Waals surface area contributed by atoms with Gasteiger partial charge in [-0.05, 0) is 48.2 Å². The number of anilines is 1. The molecule has 0 saturated carbocycles. The third-order valence-electron chi connectivity index (χ3n) is 4.85. The van der Waals surface area contributed by atoms with Crippen LogP contribution in [-0.2, 0) is 13.1 Å². The van der Waals surface area contributed by atoms with E-state index in [9.17, 15) is 5.11 Å². The van der Waals surface area contributed by atoms with Crippen molar-refractivity contribution in [1.29, 1.82) is 0 Å². The fourth-order valence-electron chi connectivity index (χ4n) is 3.22. The minimum absolute atomic E-state index is 0.148. The summed E-state index contributed by atoms with van der Waals surface area (Å²) in [6.07, 6.45) is 1.54. The molecular formula is C21H28N4O2. The van der Waals surface area contributed by atoms with Crippen molar-refractivity contribution in [1.82, 2.24) is 4.90 Å². The highest BCUT2D eigenvalue weighted by atomic mass is 16.5. The van der Waals surface area contributed by atoms with Crippen molar-refractivity contribution < 1.29 is 9.84 Å². The Hall–Kier alpha value is -2.57. The molecule has 6 heteroatoms. The van der Waals surface area contributed by atoms with Gasteiger partial charge in [-0.25, -0.2) is 4.99 Å². The maximum Gasteiger partial charge on any atom is 0.193 e. The highest BCUT2D eigenvalue weighted by Crippen LogP contribution is 2.18. The van der Waals surface area contributed by atoms with E-state index in [0.717, 1.165) is 43.9 Å². The van der Waals surface area contributed by atoms with Gasteiger partial charge < -0.3 is 20.9 Å². The predicted molar refractivity (Wildman–Crippen MR) is 109 cm³/mol. The summed E-state index contributed by atoms with van der Waals surface area (Å²) in [5.41, 5.74) is 9.34. The van der Waals surface area contributed by atoms with Gasteiger partial charge in [0, 0.05) is 25.3 Å². The van der Waals surface area contributed by atoms with E-state index in [1.807, 2.05) is 30.3 Å². The summed E-state index contributed by atoms with van der Waals surface area (Å²) in [5.74, 6) is 1.19. The lowest BCUT2D eigenvalue weighted by Gasteiger charge is -2.30. The van der Waals surface area contributed by atoms with E-state index in [1.54, 1.807) is 7.11 Å². The number of piperidine rings is 1. The van der Waals surface area contributed by atoms with Crippen molar-refractivity contribution in [2.45, 2.75) is 32.0 Å². The Kier molecular flexibility index (Phi) is 6.68. The molecule has 0 aliphatic carbocycles. The molecule has 0 amide bonds. The van der Waals surface area contributed by atoms with Crippen LogP contribution in [0, 0.1) is 0 Å². The molecule has 1 aliphatic rings. The molecule has 0 atom stereocenters. The second kappa shape index (κ2) is 9.39. The zero-order valence-corrected chi connectivity index (χ0v) is 15.8. The van der Waals surface area contributed by atoms with Gasteiger partial charge in [-0.2, -0.15) is 0 Å². The number of ether oxygens (including phenoxy) is 1. The molecule has 4 N–H and O–H groups in total. The molecule has 0 aromatic heterocycles. The lowest BCUT2D eigenvalue weighted by molar-refractivity contribution is 0.0791. The zero-order chi connectivity index (χ0) is 19.1. The van der Waals surface area contributed by atoms with Gasteiger partial charge in [0.1, 0.15) is 5.75 Å². The number of likely N-dealkylation sites (tertiary alicyclic amines) is 1. The molecular weight excluding hydrogens is 340 g/mol. The maximum atomic E-state index is 9.67. The molecule has 144 valence electrons. The number of nitrogens with two attached hydrogens (primary N) is 1. The molecule has 6 nitrogen and oxygen atoms in total. The Labute approximate surface area is 160 Å². The molecule has 0 spiro atoms. The van der Waals surface area contributed by atoms with Crippen LogP contribution in [0.1, 0.15) is 24.0 Å². The molecule has 2 aromatic carbocycles. The van der Waals surface area contributed by atoms with Gasteiger partial charge in [0.25, 0.3) is 0 Å². The van der Waals surface area contributed by atoms with Crippen LogP contribution in [-0.4, -0.2) is 42.3 Å². The summed E-state index contributed by atoms with van der Waals surface area (Å²) in [5, 5.41) is 12.8. The monoisotopic (exact) mass is 368 g/mol. The van der Waals surface area contributed by atoms with Gasteiger partial charge in [-0.3, -0.25) is 4.90 Å². The average Bonchev–Trinajstić information content (AvgIpc) is 2.69. The third kappa shape index (κ3) is 5.70. The maximum absolute atomic E-state index is 9.67. The van der Waals surface area contributed by atoms with Gasteiger partial charge in [-0.15, -0.1) is 0 Å². The Morgan fingerprint density at radius 2 is 1.81 bits per heavy atom. The van der Waals surface area contributed by atoms with Crippen molar-refractivity contribution >= 4 is 11.6 Å². The standard InChI is InChI=1S/C21H28N4O2/c1-27-20-8-6-18(7-9-20)24-21(22)23-14-16-4-2-3-5-17(16)15-25-12-10-19(26)11-13-25/h2-9,19,26H,10-15H2,1H3,(H3,22,23,24). The van der Waals surface area contributed by atoms with Crippen molar-refractivity contribution in [2.75, 3.05) is 25.5 Å². The first-order chi connectivity index (χ1) is 13.1. The van der Waals surface area contributed by atoms with Crippen LogP contribution in [0.5, 0.6) is 5.75 Å². The predicted octanol–water partition coefficient (Wildman–Crippen LogP) is 2.58. The van der Waals surface area contributed by atoms with Gasteiger partial charge in [0.05, 0.1) is 19.8 Å². The number of aliphatic imine (C=N–C) groups is 1. The number of benzene rings is 2. The van der Waals surface area contributed by atoms with Crippen LogP contribution >= 0.6 is 0 Å². The third-order valence-corrected chi connectivity index (χ3v) is 4.85. The SMILES string of the molecule is COc1ccc(NC(N)=NCc2ccccc2CN2CCC(O)CC2)cc1. The lowest BCUT2D eigenvalue weighted by atomic mass is 10.0. The first-order valence-electron chi connectivity index (χ1n) is 9.32. The topological polar surface area (TPSA) is 83.1 Å². The molecule has 1 saturated heterocycles. The zero-order valence-electron chi connectivity index (χ0n) is 15.8. The fourth-order valence-corrected chi connectivity index (χ4v) is 3.22. The van der Waals surface area contributed by atoms with Crippen LogP contribution in [0.15, 0.2) is 53.5 Å². The number of hydrogen-bond donors (Lipinski definition) is 3. The number of aliphatic hydroxyl groups excluding tert-OH is 1. The van der Waals surface area contributed by atoms with E-state index < -0.39 is 0 Å². The Morgan fingerprint density at radius 3 is 2.48 bits per heavy atom. The van der Waals surface area contributed by atoms with Crippen molar-refractivity contribution in [3.05, 3.63) is 59.7 Å². The summed E-state index contributed by atoms with van der Waals surface area (Å²) in [6, 6.07) is 15.9. The van der Waals surface area contributed by atoms with E-state index in [4.69, 9.17) is 10.5 Å². The number of methoxy groups -OCH3 is 1. The largest absolute Gasteiger partial charge is 0.497 e. The molecule has 1 aliphatic heterocycles. The lowest BCUT2D eigenvalue weighted by Crippen LogP contribution is -2.35. The fraction of sp³-hybridized carbons (Fsp3) is 0.381. The summed E-state index contributed by atoms with van der Waals surface area (Å²) in [6.45, 7) is 3.27. The minimum atomic E-state index is -0.148.